The van der Waals surface area contributed by atoms with Crippen LogP contribution >= 0.6 is 0 Å². The van der Waals surface area contributed by atoms with Gasteiger partial charge in [0.1, 0.15) is 0 Å². The van der Waals surface area contributed by atoms with Gasteiger partial charge in [-0.15, -0.1) is 0 Å². The second kappa shape index (κ2) is 4.54. The Morgan fingerprint density at radius 2 is 2.36 bits per heavy atom. The van der Waals surface area contributed by atoms with Crippen molar-refractivity contribution in [1.82, 2.24) is 14.3 Å². The molecular weight excluding hydrogens is 206 g/mol. The van der Waals surface area contributed by atoms with Crippen LogP contribution in [0.2, 0.25) is 0 Å². The molecule has 0 aliphatic rings. The molecule has 1 heterocycles. The fourth-order valence-corrected chi connectivity index (χ4v) is 1.94. The number of rotatable bonds is 5. The van der Waals surface area contributed by atoms with Crippen molar-refractivity contribution in [3.05, 3.63) is 12.5 Å². The van der Waals surface area contributed by atoms with Crippen LogP contribution in [0.25, 0.3) is 0 Å². The van der Waals surface area contributed by atoms with Crippen LogP contribution in [0.5, 0.6) is 0 Å². The number of sulfonamides is 1. The minimum absolute atomic E-state index is 0.0936. The van der Waals surface area contributed by atoms with Crippen molar-refractivity contribution in [1.29, 1.82) is 0 Å². The summed E-state index contributed by atoms with van der Waals surface area (Å²) in [5, 5.41) is 0.0936. The van der Waals surface area contributed by atoms with E-state index >= 15 is 0 Å². The van der Waals surface area contributed by atoms with E-state index in [4.69, 9.17) is 4.74 Å². The van der Waals surface area contributed by atoms with Gasteiger partial charge >= 0.3 is 0 Å². The van der Waals surface area contributed by atoms with Gasteiger partial charge in [-0.25, -0.2) is 13.4 Å². The quantitative estimate of drug-likeness (QED) is 0.736. The van der Waals surface area contributed by atoms with E-state index < -0.39 is 10.0 Å². The van der Waals surface area contributed by atoms with Crippen LogP contribution in [-0.2, 0) is 14.8 Å². The minimum atomic E-state index is -3.43. The van der Waals surface area contributed by atoms with Crippen molar-refractivity contribution in [3.8, 4) is 0 Å². The predicted molar refractivity (Wildman–Crippen MR) is 50.3 cm³/mol. The molecule has 0 amide bonds. The Morgan fingerprint density at radius 1 is 1.64 bits per heavy atom. The van der Waals surface area contributed by atoms with Crippen molar-refractivity contribution in [2.75, 3.05) is 27.3 Å². The summed E-state index contributed by atoms with van der Waals surface area (Å²) >= 11 is 0. The third kappa shape index (κ3) is 2.31. The zero-order valence-corrected chi connectivity index (χ0v) is 8.91. The Bertz CT molecular complexity index is 360. The highest BCUT2D eigenvalue weighted by atomic mass is 32.2. The Hall–Kier alpha value is -0.920. The van der Waals surface area contributed by atoms with Gasteiger partial charge in [0.2, 0.25) is 0 Å². The highest BCUT2D eigenvalue weighted by Crippen LogP contribution is 2.08. The molecule has 0 aromatic carbocycles. The number of imidazole rings is 1. The zero-order valence-electron chi connectivity index (χ0n) is 8.10. The summed E-state index contributed by atoms with van der Waals surface area (Å²) in [6.07, 6.45) is 2.61. The predicted octanol–water partition coefficient (Wildman–Crippen LogP) is -0.323. The molecule has 1 N–H and O–H groups in total. The standard InChI is InChI=1S/C7H13N3O3S/c1-10(3-4-13-2)14(11,12)7-5-8-6-9-7/h5-6H,3-4H2,1-2H3,(H,8,9). The number of nitrogens with one attached hydrogen (secondary N) is 1. The molecule has 0 saturated heterocycles. The molecule has 6 nitrogen and oxygen atoms in total. The molecule has 0 fully saturated rings. The van der Waals surface area contributed by atoms with Gasteiger partial charge in [-0.1, -0.05) is 0 Å². The first-order valence-corrected chi connectivity index (χ1v) is 5.46. The molecule has 0 spiro atoms. The van der Waals surface area contributed by atoms with Gasteiger partial charge in [0.25, 0.3) is 10.0 Å². The molecule has 0 bridgehead atoms. The van der Waals surface area contributed by atoms with Gasteiger partial charge in [0, 0.05) is 20.7 Å². The van der Waals surface area contributed by atoms with Crippen LogP contribution in [0.15, 0.2) is 17.6 Å². The van der Waals surface area contributed by atoms with E-state index in [1.807, 2.05) is 0 Å². The number of aromatic amines is 1. The number of likely N-dealkylation sites (N-methyl/N-ethyl adjacent to an activating group) is 1. The lowest BCUT2D eigenvalue weighted by atomic mass is 10.7. The summed E-state index contributed by atoms with van der Waals surface area (Å²) in [7, 11) is -0.413. The average Bonchev–Trinajstić information content (AvgIpc) is 2.67. The Morgan fingerprint density at radius 3 is 2.86 bits per heavy atom. The third-order valence-corrected chi connectivity index (χ3v) is 3.55. The summed E-state index contributed by atoms with van der Waals surface area (Å²) in [6.45, 7) is 0.682. The average molecular weight is 219 g/mol. The maximum absolute atomic E-state index is 11.7. The lowest BCUT2D eigenvalue weighted by Crippen LogP contribution is -2.30. The topological polar surface area (TPSA) is 75.3 Å². The number of nitrogens with zero attached hydrogens (tertiary/aromatic N) is 2. The van der Waals surface area contributed by atoms with Crippen molar-refractivity contribution >= 4 is 10.0 Å². The number of H-pyrrole nitrogens is 1. The van der Waals surface area contributed by atoms with Crippen LogP contribution in [0.4, 0.5) is 0 Å². The molecule has 1 aromatic heterocycles. The Balaban J connectivity index is 2.76. The van der Waals surface area contributed by atoms with E-state index in [0.29, 0.717) is 13.2 Å². The maximum Gasteiger partial charge on any atom is 0.259 e. The molecule has 0 unspecified atom stereocenters. The minimum Gasteiger partial charge on any atom is -0.383 e. The van der Waals surface area contributed by atoms with E-state index in [2.05, 4.69) is 9.97 Å². The van der Waals surface area contributed by atoms with E-state index in [1.165, 1.54) is 31.0 Å². The molecule has 0 saturated carbocycles. The molecule has 1 aromatic rings. The summed E-state index contributed by atoms with van der Waals surface area (Å²) in [4.78, 5) is 6.21. The lowest BCUT2D eigenvalue weighted by molar-refractivity contribution is 0.185. The van der Waals surface area contributed by atoms with E-state index in [9.17, 15) is 8.42 Å². The normalized spacial score (nSPS) is 12.2. The number of ether oxygens (including phenoxy) is 1. The summed E-state index contributed by atoms with van der Waals surface area (Å²) in [5.74, 6) is 0. The molecule has 0 radical (unpaired) electrons. The van der Waals surface area contributed by atoms with E-state index in [1.54, 1.807) is 0 Å². The van der Waals surface area contributed by atoms with Crippen LogP contribution in [-0.4, -0.2) is 50.0 Å². The first-order valence-electron chi connectivity index (χ1n) is 4.02. The Labute approximate surface area is 83.0 Å². The van der Waals surface area contributed by atoms with Gasteiger partial charge in [-0.3, -0.25) is 0 Å². The van der Waals surface area contributed by atoms with Crippen LogP contribution in [0.3, 0.4) is 0 Å². The molecular formula is C7H13N3O3S. The number of hydrogen-bond donors (Lipinski definition) is 1. The fraction of sp³-hybridized carbons (Fsp3) is 0.571. The van der Waals surface area contributed by atoms with E-state index in [0.717, 1.165) is 0 Å². The Kier molecular flexibility index (Phi) is 3.62. The highest BCUT2D eigenvalue weighted by Gasteiger charge is 2.21. The molecule has 14 heavy (non-hydrogen) atoms. The van der Waals surface area contributed by atoms with E-state index in [-0.39, 0.29) is 5.03 Å². The van der Waals surface area contributed by atoms with Gasteiger partial charge < -0.3 is 9.72 Å². The molecule has 0 aliphatic carbocycles. The van der Waals surface area contributed by atoms with Gasteiger partial charge in [0.15, 0.2) is 5.03 Å². The van der Waals surface area contributed by atoms with Crippen molar-refractivity contribution in [3.63, 3.8) is 0 Å². The monoisotopic (exact) mass is 219 g/mol. The first-order chi connectivity index (χ1) is 6.59. The van der Waals surface area contributed by atoms with Gasteiger partial charge in [-0.2, -0.15) is 4.31 Å². The van der Waals surface area contributed by atoms with Crippen molar-refractivity contribution in [2.45, 2.75) is 5.03 Å². The molecule has 0 aliphatic heterocycles. The zero-order chi connectivity index (χ0) is 10.6. The molecule has 0 atom stereocenters. The molecule has 7 heteroatoms. The summed E-state index contributed by atoms with van der Waals surface area (Å²) in [5.41, 5.74) is 0. The number of methoxy groups -OCH3 is 1. The number of hydrogen-bond acceptors (Lipinski definition) is 4. The highest BCUT2D eigenvalue weighted by molar-refractivity contribution is 7.89. The van der Waals surface area contributed by atoms with Crippen LogP contribution in [0.1, 0.15) is 0 Å². The van der Waals surface area contributed by atoms with Gasteiger partial charge in [0.05, 0.1) is 19.1 Å². The smallest absolute Gasteiger partial charge is 0.259 e. The second-order valence-corrected chi connectivity index (χ2v) is 4.75. The number of aromatic nitrogens is 2. The fourth-order valence-electron chi connectivity index (χ4n) is 0.892. The third-order valence-electron chi connectivity index (χ3n) is 1.77. The maximum atomic E-state index is 11.7. The SMILES string of the molecule is COCCN(C)S(=O)(=O)c1cnc[nH]1. The van der Waals surface area contributed by atoms with Crippen LogP contribution in [0, 0.1) is 0 Å². The van der Waals surface area contributed by atoms with Crippen molar-refractivity contribution in [2.24, 2.45) is 0 Å². The largest absolute Gasteiger partial charge is 0.383 e. The molecule has 1 rings (SSSR count). The second-order valence-electron chi connectivity index (χ2n) is 2.74. The summed E-state index contributed by atoms with van der Waals surface area (Å²) in [6, 6.07) is 0. The molecule has 80 valence electrons. The van der Waals surface area contributed by atoms with Crippen LogP contribution < -0.4 is 0 Å². The first kappa shape index (κ1) is 11.2. The lowest BCUT2D eigenvalue weighted by Gasteiger charge is -2.14. The van der Waals surface area contributed by atoms with Crippen molar-refractivity contribution < 1.29 is 13.2 Å². The van der Waals surface area contributed by atoms with Gasteiger partial charge in [-0.05, 0) is 0 Å². The summed E-state index contributed by atoms with van der Waals surface area (Å²) < 4.78 is 29.4.